The minimum absolute atomic E-state index is 0.103. The van der Waals surface area contributed by atoms with E-state index in [0.717, 1.165) is 22.9 Å². The molecule has 4 aromatic rings. The van der Waals surface area contributed by atoms with Crippen LogP contribution in [0.3, 0.4) is 0 Å². The number of ether oxygens (including phenoxy) is 1. The lowest BCUT2D eigenvalue weighted by molar-refractivity contribution is -0.123. The molecule has 3 aromatic heterocycles. The number of benzene rings is 1. The van der Waals surface area contributed by atoms with E-state index in [1.807, 2.05) is 91.0 Å². The van der Waals surface area contributed by atoms with Gasteiger partial charge >= 0.3 is 0 Å². The van der Waals surface area contributed by atoms with Gasteiger partial charge in [-0.2, -0.15) is 0 Å². The molecule has 1 aliphatic heterocycles. The van der Waals surface area contributed by atoms with E-state index >= 15 is 0 Å². The van der Waals surface area contributed by atoms with Gasteiger partial charge in [-0.15, -0.1) is 0 Å². The Labute approximate surface area is 238 Å². The third-order valence-corrected chi connectivity index (χ3v) is 7.07. The van der Waals surface area contributed by atoms with E-state index in [2.05, 4.69) is 26.7 Å². The highest BCUT2D eigenvalue weighted by Crippen LogP contribution is 2.44. The summed E-state index contributed by atoms with van der Waals surface area (Å²) < 4.78 is 7.71. The van der Waals surface area contributed by atoms with E-state index in [1.165, 1.54) is 0 Å². The second-order valence-corrected chi connectivity index (χ2v) is 11.0. The fourth-order valence-electron chi connectivity index (χ4n) is 4.53. The molecule has 1 saturated heterocycles. The van der Waals surface area contributed by atoms with Crippen LogP contribution in [0.5, 0.6) is 5.75 Å². The van der Waals surface area contributed by atoms with E-state index < -0.39 is 5.41 Å². The summed E-state index contributed by atoms with van der Waals surface area (Å²) in [7, 11) is 1.58. The molecular formula is C29H29ClN6O2S. The van der Waals surface area contributed by atoms with Gasteiger partial charge in [0.1, 0.15) is 17.6 Å². The van der Waals surface area contributed by atoms with Crippen LogP contribution < -0.4 is 20.3 Å². The molecule has 0 spiro atoms. The average molecular weight is 561 g/mol. The number of carbonyl (C=O) groups excluding carboxylic acids is 1. The number of carbonyl (C=O) groups is 1. The number of thiocarbonyl (C=S) groups is 1. The Bertz CT molecular complexity index is 1500. The predicted octanol–water partition coefficient (Wildman–Crippen LogP) is 6.09. The third-order valence-electron chi connectivity index (χ3n) is 6.53. The van der Waals surface area contributed by atoms with Crippen LogP contribution in [0.15, 0.2) is 79.3 Å². The van der Waals surface area contributed by atoms with Crippen molar-refractivity contribution in [1.82, 2.24) is 19.9 Å². The van der Waals surface area contributed by atoms with Crippen molar-refractivity contribution in [3.63, 3.8) is 0 Å². The first-order chi connectivity index (χ1) is 18.7. The van der Waals surface area contributed by atoms with Gasteiger partial charge in [-0.3, -0.25) is 9.78 Å². The maximum atomic E-state index is 12.7. The van der Waals surface area contributed by atoms with Crippen LogP contribution in [0.4, 0.5) is 11.4 Å². The van der Waals surface area contributed by atoms with Crippen molar-refractivity contribution < 1.29 is 9.53 Å². The first-order valence-corrected chi connectivity index (χ1v) is 13.3. The maximum absolute atomic E-state index is 12.7. The Morgan fingerprint density at radius 3 is 2.59 bits per heavy atom. The normalized spacial score (nSPS) is 17.2. The molecule has 39 heavy (non-hydrogen) atoms. The fraction of sp³-hybridized carbons (Fsp3) is 0.241. The monoisotopic (exact) mass is 560 g/mol. The van der Waals surface area contributed by atoms with Crippen LogP contribution in [0.2, 0.25) is 5.02 Å². The molecule has 2 atom stereocenters. The quantitative estimate of drug-likeness (QED) is 0.276. The minimum Gasteiger partial charge on any atom is -0.494 e. The molecule has 0 bridgehead atoms. The summed E-state index contributed by atoms with van der Waals surface area (Å²) in [6.45, 7) is 5.60. The first-order valence-electron chi connectivity index (χ1n) is 12.5. The lowest BCUT2D eigenvalue weighted by atomic mass is 9.95. The van der Waals surface area contributed by atoms with Gasteiger partial charge in [0.05, 0.1) is 29.6 Å². The molecule has 1 amide bonds. The molecule has 0 aliphatic carbocycles. The van der Waals surface area contributed by atoms with Gasteiger partial charge in [-0.1, -0.05) is 38.4 Å². The van der Waals surface area contributed by atoms with Crippen LogP contribution in [0, 0.1) is 5.41 Å². The Balaban J connectivity index is 1.60. The SMILES string of the molecule is COc1cc(N2C(=S)N[C@@H](c3ccccn3)[C@@H]2c2cccn2-c2ccc(Cl)cn2)ccc1NC(=O)C(C)(C)C. The summed E-state index contributed by atoms with van der Waals surface area (Å²) >= 11 is 12.0. The zero-order chi connectivity index (χ0) is 27.7. The lowest BCUT2D eigenvalue weighted by Gasteiger charge is -2.29. The Morgan fingerprint density at radius 2 is 1.92 bits per heavy atom. The van der Waals surface area contributed by atoms with Gasteiger partial charge in [0, 0.05) is 41.5 Å². The summed E-state index contributed by atoms with van der Waals surface area (Å²) in [6.07, 6.45) is 5.36. The maximum Gasteiger partial charge on any atom is 0.229 e. The van der Waals surface area contributed by atoms with E-state index in [9.17, 15) is 4.79 Å². The standard InChI is InChI=1S/C29H29ClN6O2S/c1-29(2,3)27(37)33-20-12-11-19(16-23(20)38-4)36-26(25(34-28(36)39)21-8-5-6-14-31-21)22-9-7-15-35(22)24-13-10-18(30)17-32-24/h5-17,25-26H,1-4H3,(H,33,37)(H,34,39)/t25-,26-/m0/s1. The number of rotatable bonds is 6. The summed E-state index contributed by atoms with van der Waals surface area (Å²) in [6, 6.07) is 18.7. The van der Waals surface area contributed by atoms with Gasteiger partial charge in [0.15, 0.2) is 5.11 Å². The zero-order valence-electron chi connectivity index (χ0n) is 22.1. The number of pyridine rings is 2. The van der Waals surface area contributed by atoms with Crippen molar-refractivity contribution in [2.24, 2.45) is 5.41 Å². The molecule has 8 nitrogen and oxygen atoms in total. The van der Waals surface area contributed by atoms with Gasteiger partial charge in [-0.05, 0) is 60.7 Å². The molecule has 0 radical (unpaired) electrons. The summed E-state index contributed by atoms with van der Waals surface area (Å²) in [5.41, 5.74) is 2.65. The largest absolute Gasteiger partial charge is 0.494 e. The number of amides is 1. The van der Waals surface area contributed by atoms with Gasteiger partial charge in [0.2, 0.25) is 5.91 Å². The molecule has 0 saturated carbocycles. The van der Waals surface area contributed by atoms with Crippen molar-refractivity contribution in [2.45, 2.75) is 32.9 Å². The van der Waals surface area contributed by atoms with E-state index in [4.69, 9.17) is 28.6 Å². The van der Waals surface area contributed by atoms with E-state index in [0.29, 0.717) is 21.6 Å². The second kappa shape index (κ2) is 10.7. The number of hydrogen-bond donors (Lipinski definition) is 2. The van der Waals surface area contributed by atoms with Gasteiger partial charge in [-0.25, -0.2) is 4.98 Å². The summed E-state index contributed by atoms with van der Waals surface area (Å²) in [5.74, 6) is 1.16. The highest BCUT2D eigenvalue weighted by Gasteiger charge is 2.42. The minimum atomic E-state index is -0.549. The highest BCUT2D eigenvalue weighted by molar-refractivity contribution is 7.80. The summed E-state index contributed by atoms with van der Waals surface area (Å²) in [5, 5.41) is 7.56. The number of hydrogen-bond acceptors (Lipinski definition) is 5. The number of nitrogens with one attached hydrogen (secondary N) is 2. The molecule has 1 aliphatic rings. The smallest absolute Gasteiger partial charge is 0.229 e. The van der Waals surface area contributed by atoms with Crippen LogP contribution in [0.1, 0.15) is 44.2 Å². The molecule has 200 valence electrons. The van der Waals surface area contributed by atoms with Crippen molar-refractivity contribution in [1.29, 1.82) is 0 Å². The average Bonchev–Trinajstić information content (AvgIpc) is 3.53. The molecule has 2 N–H and O–H groups in total. The summed E-state index contributed by atoms with van der Waals surface area (Å²) in [4.78, 5) is 23.9. The Hall–Kier alpha value is -3.95. The zero-order valence-corrected chi connectivity index (χ0v) is 23.6. The highest BCUT2D eigenvalue weighted by atomic mass is 35.5. The lowest BCUT2D eigenvalue weighted by Crippen LogP contribution is -2.30. The number of aromatic nitrogens is 3. The number of methoxy groups -OCH3 is 1. The van der Waals surface area contributed by atoms with Gasteiger partial charge < -0.3 is 24.8 Å². The van der Waals surface area contributed by atoms with E-state index in [1.54, 1.807) is 19.5 Å². The topological polar surface area (TPSA) is 84.3 Å². The molecule has 1 aromatic carbocycles. The molecule has 4 heterocycles. The first kappa shape index (κ1) is 26.6. The van der Waals surface area contributed by atoms with Crippen molar-refractivity contribution in [3.05, 3.63) is 95.7 Å². The number of anilines is 2. The van der Waals surface area contributed by atoms with Crippen molar-refractivity contribution in [3.8, 4) is 11.6 Å². The predicted molar refractivity (Wildman–Crippen MR) is 158 cm³/mol. The third kappa shape index (κ3) is 5.32. The molecular weight excluding hydrogens is 532 g/mol. The van der Waals surface area contributed by atoms with E-state index in [-0.39, 0.29) is 18.0 Å². The van der Waals surface area contributed by atoms with Gasteiger partial charge in [0.25, 0.3) is 0 Å². The second-order valence-electron chi connectivity index (χ2n) is 10.2. The van der Waals surface area contributed by atoms with Crippen molar-refractivity contribution in [2.75, 3.05) is 17.3 Å². The Morgan fingerprint density at radius 1 is 1.10 bits per heavy atom. The fourth-order valence-corrected chi connectivity index (χ4v) is 4.99. The molecule has 10 heteroatoms. The number of nitrogens with zero attached hydrogens (tertiary/aromatic N) is 4. The molecule has 5 rings (SSSR count). The van der Waals surface area contributed by atoms with Crippen LogP contribution in [0.25, 0.3) is 5.82 Å². The van der Waals surface area contributed by atoms with Crippen LogP contribution in [-0.2, 0) is 4.79 Å². The molecule has 1 fully saturated rings. The van der Waals surface area contributed by atoms with Crippen LogP contribution >= 0.6 is 23.8 Å². The van der Waals surface area contributed by atoms with Crippen LogP contribution in [-0.4, -0.2) is 32.7 Å². The van der Waals surface area contributed by atoms with Crippen molar-refractivity contribution >= 4 is 46.2 Å². The number of halogens is 1. The Kier molecular flexibility index (Phi) is 7.29. The molecule has 0 unspecified atom stereocenters.